The van der Waals surface area contributed by atoms with Crippen molar-refractivity contribution < 1.29 is 0 Å². The summed E-state index contributed by atoms with van der Waals surface area (Å²) in [4.78, 5) is 0. The van der Waals surface area contributed by atoms with Crippen LogP contribution in [-0.4, -0.2) is 0 Å². The molecule has 0 aliphatic carbocycles. The molecule has 0 aromatic heterocycles. The van der Waals surface area contributed by atoms with Crippen LogP contribution >= 0.6 is 0 Å². The van der Waals surface area contributed by atoms with E-state index in [0.29, 0.717) is 0 Å². The zero-order valence-corrected chi connectivity index (χ0v) is 10.6. The lowest BCUT2D eigenvalue weighted by atomic mass is 10.00. The van der Waals surface area contributed by atoms with Gasteiger partial charge in [-0.3, -0.25) is 0 Å². The molecule has 0 heteroatoms. The second-order valence-corrected chi connectivity index (χ2v) is 2.77. The van der Waals surface area contributed by atoms with Crippen molar-refractivity contribution in [2.75, 3.05) is 0 Å². The molecular weight excluding hydrogens is 168 g/mol. The Morgan fingerprint density at radius 3 is 1.79 bits per heavy atom. The summed E-state index contributed by atoms with van der Waals surface area (Å²) >= 11 is 0. The first kappa shape index (κ1) is 15.7. The van der Waals surface area contributed by atoms with Crippen LogP contribution in [0.5, 0.6) is 0 Å². The van der Waals surface area contributed by atoms with Gasteiger partial charge in [0.05, 0.1) is 0 Å². The van der Waals surface area contributed by atoms with Crippen LogP contribution in [0.2, 0.25) is 0 Å². The van der Waals surface area contributed by atoms with Gasteiger partial charge in [-0.05, 0) is 30.4 Å². The third-order valence-electron chi connectivity index (χ3n) is 1.94. The molecule has 0 heterocycles. The summed E-state index contributed by atoms with van der Waals surface area (Å²) in [5.41, 5.74) is 2.90. The van der Waals surface area contributed by atoms with Gasteiger partial charge in [0.2, 0.25) is 0 Å². The van der Waals surface area contributed by atoms with Crippen LogP contribution < -0.4 is 0 Å². The predicted molar refractivity (Wildman–Crippen MR) is 68.6 cm³/mol. The Kier molecular flexibility index (Phi) is 13.7. The first-order valence-electron chi connectivity index (χ1n) is 5.81. The molecule has 0 spiro atoms. The molecule has 0 radical (unpaired) electrons. The summed E-state index contributed by atoms with van der Waals surface area (Å²) in [6.07, 6.45) is 9.65. The summed E-state index contributed by atoms with van der Waals surface area (Å²) in [5, 5.41) is 0. The maximum Gasteiger partial charge on any atom is -0.0305 e. The molecule has 0 aliphatic heterocycles. The molecule has 0 atom stereocenters. The van der Waals surface area contributed by atoms with Gasteiger partial charge in [0.1, 0.15) is 0 Å². The van der Waals surface area contributed by atoms with Gasteiger partial charge in [-0.1, -0.05) is 59.4 Å². The Labute approximate surface area is 90.4 Å². The monoisotopic (exact) mass is 194 g/mol. The van der Waals surface area contributed by atoms with Crippen molar-refractivity contribution in [3.05, 3.63) is 36.0 Å². The normalized spacial score (nSPS) is 11.8. The van der Waals surface area contributed by atoms with Crippen molar-refractivity contribution in [1.82, 2.24) is 0 Å². The Morgan fingerprint density at radius 1 is 1.00 bits per heavy atom. The van der Waals surface area contributed by atoms with E-state index in [4.69, 9.17) is 0 Å². The molecule has 0 aliphatic rings. The van der Waals surface area contributed by atoms with Crippen LogP contribution in [-0.2, 0) is 0 Å². The second kappa shape index (κ2) is 12.2. The lowest BCUT2D eigenvalue weighted by Gasteiger charge is -2.06. The molecule has 0 unspecified atom stereocenters. The van der Waals surface area contributed by atoms with Gasteiger partial charge in [0, 0.05) is 0 Å². The van der Waals surface area contributed by atoms with Crippen LogP contribution in [0.1, 0.15) is 53.9 Å². The maximum atomic E-state index is 3.72. The highest BCUT2D eigenvalue weighted by Gasteiger charge is 1.97. The highest BCUT2D eigenvalue weighted by Crippen LogP contribution is 2.17. The van der Waals surface area contributed by atoms with E-state index in [1.807, 2.05) is 19.9 Å². The van der Waals surface area contributed by atoms with Crippen molar-refractivity contribution in [2.45, 2.75) is 53.9 Å². The first-order valence-corrected chi connectivity index (χ1v) is 5.81. The SMILES string of the molecule is C=C/C=C(CC)\C(=C/CC)CC.CC. The van der Waals surface area contributed by atoms with E-state index in [-0.39, 0.29) is 0 Å². The van der Waals surface area contributed by atoms with Crippen molar-refractivity contribution >= 4 is 0 Å². The van der Waals surface area contributed by atoms with Crippen molar-refractivity contribution in [3.63, 3.8) is 0 Å². The van der Waals surface area contributed by atoms with Crippen LogP contribution in [0.4, 0.5) is 0 Å². The Morgan fingerprint density at radius 2 is 1.50 bits per heavy atom. The molecule has 0 aromatic rings. The lowest BCUT2D eigenvalue weighted by Crippen LogP contribution is -1.86. The average Bonchev–Trinajstić information content (AvgIpc) is 2.26. The number of hydrogen-bond donors (Lipinski definition) is 0. The largest absolute Gasteiger partial charge is 0.0991 e. The highest BCUT2D eigenvalue weighted by atomic mass is 14.0. The van der Waals surface area contributed by atoms with Crippen LogP contribution in [0.3, 0.4) is 0 Å². The summed E-state index contributed by atoms with van der Waals surface area (Å²) < 4.78 is 0. The fraction of sp³-hybridized carbons (Fsp3) is 0.571. The summed E-state index contributed by atoms with van der Waals surface area (Å²) in [7, 11) is 0. The van der Waals surface area contributed by atoms with E-state index in [0.717, 1.165) is 19.3 Å². The van der Waals surface area contributed by atoms with Gasteiger partial charge < -0.3 is 0 Å². The summed E-state index contributed by atoms with van der Waals surface area (Å²) in [6.45, 7) is 14.3. The standard InChI is InChI=1S/C12H20.C2H6/c1-5-9-11(7-3)12(8-4)10-6-2;1-2/h5,9-10H,1,6-8H2,2-4H3;1-2H3/b11-9-,12-10-;. The van der Waals surface area contributed by atoms with Gasteiger partial charge >= 0.3 is 0 Å². The van der Waals surface area contributed by atoms with E-state index < -0.39 is 0 Å². The zero-order chi connectivity index (χ0) is 11.4. The van der Waals surface area contributed by atoms with Crippen LogP contribution in [0.25, 0.3) is 0 Å². The van der Waals surface area contributed by atoms with Gasteiger partial charge in [-0.2, -0.15) is 0 Å². The molecule has 0 aromatic carbocycles. The average molecular weight is 194 g/mol. The smallest absolute Gasteiger partial charge is 0.0305 e. The third-order valence-corrected chi connectivity index (χ3v) is 1.94. The summed E-state index contributed by atoms with van der Waals surface area (Å²) in [6, 6.07) is 0. The van der Waals surface area contributed by atoms with Gasteiger partial charge in [-0.15, -0.1) is 0 Å². The van der Waals surface area contributed by atoms with E-state index in [1.54, 1.807) is 0 Å². The molecule has 0 fully saturated rings. The first-order chi connectivity index (χ1) is 6.79. The fourth-order valence-electron chi connectivity index (χ4n) is 1.34. The zero-order valence-electron chi connectivity index (χ0n) is 10.6. The van der Waals surface area contributed by atoms with Crippen molar-refractivity contribution in [3.8, 4) is 0 Å². The minimum absolute atomic E-state index is 1.10. The molecule has 0 amide bonds. The number of allylic oxidation sites excluding steroid dienone is 5. The second-order valence-electron chi connectivity index (χ2n) is 2.77. The minimum Gasteiger partial charge on any atom is -0.0991 e. The molecule has 0 saturated heterocycles. The molecular formula is C14H26. The Bertz CT molecular complexity index is 182. The molecule has 14 heavy (non-hydrogen) atoms. The fourth-order valence-corrected chi connectivity index (χ4v) is 1.34. The van der Waals surface area contributed by atoms with Crippen LogP contribution in [0, 0.1) is 0 Å². The van der Waals surface area contributed by atoms with E-state index in [1.165, 1.54) is 11.1 Å². The maximum absolute atomic E-state index is 3.72. The van der Waals surface area contributed by atoms with Gasteiger partial charge in [0.15, 0.2) is 0 Å². The minimum atomic E-state index is 1.10. The molecule has 0 rings (SSSR count). The highest BCUT2D eigenvalue weighted by molar-refractivity contribution is 5.32. The van der Waals surface area contributed by atoms with Crippen molar-refractivity contribution in [1.29, 1.82) is 0 Å². The molecule has 0 bridgehead atoms. The molecule has 0 N–H and O–H groups in total. The summed E-state index contributed by atoms with van der Waals surface area (Å²) in [5.74, 6) is 0. The van der Waals surface area contributed by atoms with Gasteiger partial charge in [-0.25, -0.2) is 0 Å². The van der Waals surface area contributed by atoms with E-state index in [9.17, 15) is 0 Å². The third kappa shape index (κ3) is 6.71. The number of hydrogen-bond acceptors (Lipinski definition) is 0. The van der Waals surface area contributed by atoms with E-state index >= 15 is 0 Å². The Balaban J connectivity index is 0. The van der Waals surface area contributed by atoms with Crippen LogP contribution in [0.15, 0.2) is 36.0 Å². The van der Waals surface area contributed by atoms with E-state index in [2.05, 4.69) is 39.5 Å². The molecule has 82 valence electrons. The molecule has 0 saturated carbocycles. The number of rotatable bonds is 5. The molecule has 0 nitrogen and oxygen atoms in total. The quantitative estimate of drug-likeness (QED) is 0.522. The topological polar surface area (TPSA) is 0 Å². The lowest BCUT2D eigenvalue weighted by molar-refractivity contribution is 1.00. The Hall–Kier alpha value is -0.780. The van der Waals surface area contributed by atoms with Crippen molar-refractivity contribution in [2.24, 2.45) is 0 Å². The van der Waals surface area contributed by atoms with Gasteiger partial charge in [0.25, 0.3) is 0 Å². The predicted octanol–water partition coefficient (Wildman–Crippen LogP) is 5.28.